The molecule has 0 aliphatic carbocycles. The summed E-state index contributed by atoms with van der Waals surface area (Å²) in [6.07, 6.45) is 5.82. The summed E-state index contributed by atoms with van der Waals surface area (Å²) in [5.41, 5.74) is 0.420. The summed E-state index contributed by atoms with van der Waals surface area (Å²) in [5, 5.41) is 25.2. The highest BCUT2D eigenvalue weighted by atomic mass is 16.6. The molecule has 2 saturated heterocycles. The van der Waals surface area contributed by atoms with Gasteiger partial charge in [-0.15, -0.1) is 0 Å². The summed E-state index contributed by atoms with van der Waals surface area (Å²) in [4.78, 5) is 43.6. The van der Waals surface area contributed by atoms with Crippen molar-refractivity contribution in [2.45, 2.75) is 38.1 Å². The largest absolute Gasteiger partial charge is 0.341 e. The molecule has 11 nitrogen and oxygen atoms in total. The average molecular weight is 427 g/mol. The Morgan fingerprint density at radius 2 is 1.87 bits per heavy atom. The van der Waals surface area contributed by atoms with Crippen molar-refractivity contribution < 1.29 is 14.5 Å². The van der Waals surface area contributed by atoms with Crippen LogP contribution in [-0.2, 0) is 9.59 Å². The number of amides is 2. The van der Waals surface area contributed by atoms with Crippen LogP contribution in [0.3, 0.4) is 0 Å². The molecule has 1 aromatic rings. The highest BCUT2D eigenvalue weighted by Crippen LogP contribution is 2.18. The van der Waals surface area contributed by atoms with E-state index in [1.165, 1.54) is 24.3 Å². The van der Waals surface area contributed by atoms with E-state index in [-0.39, 0.29) is 30.0 Å². The van der Waals surface area contributed by atoms with Crippen molar-refractivity contribution >= 4 is 29.1 Å². The Bertz CT molecular complexity index is 888. The summed E-state index contributed by atoms with van der Waals surface area (Å²) in [5.74, 6) is -0.218. The Balaban J connectivity index is 1.71. The van der Waals surface area contributed by atoms with Gasteiger partial charge in [0.15, 0.2) is 6.19 Å². The number of hydrogen-bond acceptors (Lipinski definition) is 6. The maximum Gasteiger partial charge on any atom is 0.269 e. The third-order valence-electron chi connectivity index (χ3n) is 5.34. The Morgan fingerprint density at radius 3 is 2.52 bits per heavy atom. The van der Waals surface area contributed by atoms with Crippen LogP contribution in [0, 0.1) is 21.6 Å². The second-order valence-corrected chi connectivity index (χ2v) is 7.50. The van der Waals surface area contributed by atoms with Crippen LogP contribution in [0.2, 0.25) is 0 Å². The SMILES string of the molecule is N#CNC(=NC1CCCCN(CC(=O)N2CCCC2)C1=O)Nc1ccc([N+](=O)[O-])cc1. The maximum atomic E-state index is 13.0. The minimum absolute atomic E-state index is 0.0433. The third-order valence-corrected chi connectivity index (χ3v) is 5.34. The van der Waals surface area contributed by atoms with Gasteiger partial charge in [0.05, 0.1) is 11.5 Å². The molecule has 31 heavy (non-hydrogen) atoms. The molecular formula is C20H25N7O4. The van der Waals surface area contributed by atoms with Crippen molar-refractivity contribution in [3.8, 4) is 6.19 Å². The van der Waals surface area contributed by atoms with Crippen LogP contribution in [0.25, 0.3) is 0 Å². The second kappa shape index (κ2) is 10.4. The lowest BCUT2D eigenvalue weighted by Crippen LogP contribution is -2.45. The quantitative estimate of drug-likeness (QED) is 0.181. The number of nitrogens with one attached hydrogen (secondary N) is 2. The van der Waals surface area contributed by atoms with Gasteiger partial charge in [0.2, 0.25) is 17.8 Å². The highest BCUT2D eigenvalue weighted by molar-refractivity contribution is 5.97. The first-order valence-electron chi connectivity index (χ1n) is 10.3. The van der Waals surface area contributed by atoms with Crippen LogP contribution < -0.4 is 10.6 Å². The number of aliphatic imine (C=N–C) groups is 1. The number of rotatable bonds is 5. The topological polar surface area (TPSA) is 144 Å². The van der Waals surface area contributed by atoms with Crippen molar-refractivity contribution in [3.63, 3.8) is 0 Å². The average Bonchev–Trinajstić information content (AvgIpc) is 3.24. The summed E-state index contributed by atoms with van der Waals surface area (Å²) in [6.45, 7) is 2.01. The first-order chi connectivity index (χ1) is 15.0. The minimum Gasteiger partial charge on any atom is -0.341 e. The van der Waals surface area contributed by atoms with Crippen LogP contribution in [-0.4, -0.2) is 64.7 Å². The fraction of sp³-hybridized carbons (Fsp3) is 0.500. The molecule has 0 radical (unpaired) electrons. The zero-order valence-corrected chi connectivity index (χ0v) is 17.1. The first kappa shape index (κ1) is 22.0. The molecule has 0 bridgehead atoms. The molecule has 1 atom stereocenters. The molecule has 2 fully saturated rings. The number of carbonyl (C=O) groups is 2. The van der Waals surface area contributed by atoms with Gasteiger partial charge in [-0.2, -0.15) is 5.26 Å². The van der Waals surface area contributed by atoms with E-state index in [0.29, 0.717) is 18.7 Å². The van der Waals surface area contributed by atoms with Crippen LogP contribution >= 0.6 is 0 Å². The number of likely N-dealkylation sites (tertiary alicyclic amines) is 2. The highest BCUT2D eigenvalue weighted by Gasteiger charge is 2.30. The zero-order valence-electron chi connectivity index (χ0n) is 17.1. The summed E-state index contributed by atoms with van der Waals surface area (Å²) in [6, 6.07) is 4.91. The van der Waals surface area contributed by atoms with E-state index in [0.717, 1.165) is 38.8 Å². The van der Waals surface area contributed by atoms with Gasteiger partial charge in [0, 0.05) is 37.5 Å². The fourth-order valence-corrected chi connectivity index (χ4v) is 3.70. The number of carbonyl (C=O) groups excluding carboxylic acids is 2. The number of nitro benzene ring substituents is 1. The lowest BCUT2D eigenvalue weighted by atomic mass is 10.1. The Kier molecular flexibility index (Phi) is 7.37. The van der Waals surface area contributed by atoms with Gasteiger partial charge in [-0.3, -0.25) is 25.0 Å². The number of hydrogen-bond donors (Lipinski definition) is 2. The smallest absolute Gasteiger partial charge is 0.269 e. The molecule has 2 N–H and O–H groups in total. The summed E-state index contributed by atoms with van der Waals surface area (Å²) >= 11 is 0. The summed E-state index contributed by atoms with van der Waals surface area (Å²) in [7, 11) is 0. The third kappa shape index (κ3) is 5.91. The minimum atomic E-state index is -0.727. The van der Waals surface area contributed by atoms with Crippen LogP contribution in [0.4, 0.5) is 11.4 Å². The van der Waals surface area contributed by atoms with E-state index in [9.17, 15) is 19.7 Å². The molecule has 0 spiro atoms. The molecule has 164 valence electrons. The van der Waals surface area contributed by atoms with Gasteiger partial charge < -0.3 is 15.1 Å². The van der Waals surface area contributed by atoms with Gasteiger partial charge in [0.1, 0.15) is 6.04 Å². The zero-order chi connectivity index (χ0) is 22.2. The standard InChI is InChI=1S/C20H25N7O4/c21-14-22-20(23-15-6-8-16(9-7-15)27(30)31)24-17-5-1-2-12-26(19(17)29)13-18(28)25-10-3-4-11-25/h6-9,17H,1-5,10-13H2,(H2,22,23,24). The molecule has 0 aromatic heterocycles. The molecule has 11 heteroatoms. The van der Waals surface area contributed by atoms with E-state index >= 15 is 0 Å². The van der Waals surface area contributed by atoms with Crippen LogP contribution in [0.5, 0.6) is 0 Å². The number of guanidine groups is 1. The van der Waals surface area contributed by atoms with Crippen molar-refractivity contribution in [2.24, 2.45) is 4.99 Å². The molecule has 2 heterocycles. The van der Waals surface area contributed by atoms with Crippen molar-refractivity contribution in [2.75, 3.05) is 31.5 Å². The monoisotopic (exact) mass is 427 g/mol. The summed E-state index contributed by atoms with van der Waals surface area (Å²) < 4.78 is 0. The van der Waals surface area contributed by atoms with Crippen molar-refractivity contribution in [1.29, 1.82) is 5.26 Å². The van der Waals surface area contributed by atoms with Gasteiger partial charge >= 0.3 is 0 Å². The normalized spacial score (nSPS) is 19.5. The fourth-order valence-electron chi connectivity index (χ4n) is 3.70. The Labute approximate surface area is 179 Å². The molecule has 1 unspecified atom stereocenters. The molecular weight excluding hydrogens is 402 g/mol. The van der Waals surface area contributed by atoms with E-state index in [1.807, 2.05) is 0 Å². The number of anilines is 1. The lowest BCUT2D eigenvalue weighted by molar-refractivity contribution is -0.384. The number of nitrogens with zero attached hydrogens (tertiary/aromatic N) is 5. The molecule has 3 rings (SSSR count). The van der Waals surface area contributed by atoms with Gasteiger partial charge in [-0.1, -0.05) is 0 Å². The number of nitriles is 1. The maximum absolute atomic E-state index is 13.0. The molecule has 1 aromatic carbocycles. The van der Waals surface area contributed by atoms with E-state index in [2.05, 4.69) is 15.6 Å². The predicted molar refractivity (Wildman–Crippen MR) is 113 cm³/mol. The van der Waals surface area contributed by atoms with Gasteiger partial charge in [0.25, 0.3) is 5.69 Å². The van der Waals surface area contributed by atoms with Crippen LogP contribution in [0.15, 0.2) is 29.3 Å². The van der Waals surface area contributed by atoms with Crippen molar-refractivity contribution in [3.05, 3.63) is 34.4 Å². The van der Waals surface area contributed by atoms with Gasteiger partial charge in [-0.25, -0.2) is 4.99 Å². The van der Waals surface area contributed by atoms with Gasteiger partial charge in [-0.05, 0) is 44.2 Å². The first-order valence-corrected chi connectivity index (χ1v) is 10.3. The van der Waals surface area contributed by atoms with Crippen molar-refractivity contribution in [1.82, 2.24) is 15.1 Å². The van der Waals surface area contributed by atoms with E-state index in [1.54, 1.807) is 16.0 Å². The predicted octanol–water partition coefficient (Wildman–Crippen LogP) is 1.44. The van der Waals surface area contributed by atoms with E-state index in [4.69, 9.17) is 5.26 Å². The lowest BCUT2D eigenvalue weighted by Gasteiger charge is -2.25. The molecule has 2 amide bonds. The number of non-ortho nitro benzene ring substituents is 1. The van der Waals surface area contributed by atoms with E-state index < -0.39 is 11.0 Å². The number of benzene rings is 1. The molecule has 0 saturated carbocycles. The Morgan fingerprint density at radius 1 is 1.19 bits per heavy atom. The number of nitro groups is 1. The Hall–Kier alpha value is -3.68. The second-order valence-electron chi connectivity index (χ2n) is 7.50. The molecule has 2 aliphatic heterocycles. The van der Waals surface area contributed by atoms with Crippen LogP contribution in [0.1, 0.15) is 32.1 Å². The molecule has 2 aliphatic rings.